The lowest BCUT2D eigenvalue weighted by Gasteiger charge is -2.10. The monoisotopic (exact) mass is 384 g/mol. The van der Waals surface area contributed by atoms with Gasteiger partial charge in [-0.05, 0) is 35.4 Å². The van der Waals surface area contributed by atoms with E-state index in [1.807, 2.05) is 24.3 Å². The van der Waals surface area contributed by atoms with E-state index in [2.05, 4.69) is 15.0 Å². The van der Waals surface area contributed by atoms with Crippen molar-refractivity contribution in [1.82, 2.24) is 4.98 Å². The number of rotatable bonds is 5. The minimum absolute atomic E-state index is 0.243. The molecule has 0 spiro atoms. The molecule has 0 saturated carbocycles. The molecule has 0 amide bonds. The van der Waals surface area contributed by atoms with Gasteiger partial charge in [-0.2, -0.15) is 0 Å². The maximum absolute atomic E-state index is 12.2. The second-order valence-corrected chi connectivity index (χ2v) is 6.78. The lowest BCUT2D eigenvalue weighted by atomic mass is 10.1. The molecule has 0 atom stereocenters. The fourth-order valence-corrected chi connectivity index (χ4v) is 3.13. The normalized spacial score (nSPS) is 11.4. The van der Waals surface area contributed by atoms with Crippen LogP contribution < -0.4 is 10.1 Å². The van der Waals surface area contributed by atoms with E-state index in [0.717, 1.165) is 21.7 Å². The van der Waals surface area contributed by atoms with Crippen LogP contribution in [0, 0.1) is 0 Å². The highest BCUT2D eigenvalue weighted by Crippen LogP contribution is 2.28. The Labute approximate surface area is 151 Å². The Bertz CT molecular complexity index is 850. The Kier molecular flexibility index (Phi) is 5.15. The molecule has 0 bridgehead atoms. The molecule has 8 heteroatoms. The fraction of sp³-hybridized carbons (Fsp3) is 0.118. The van der Waals surface area contributed by atoms with Crippen LogP contribution in [0.2, 0.25) is 4.47 Å². The summed E-state index contributed by atoms with van der Waals surface area (Å²) in [6.07, 6.45) is -2.98. The second kappa shape index (κ2) is 7.33. The Morgan fingerprint density at radius 2 is 1.84 bits per heavy atom. The summed E-state index contributed by atoms with van der Waals surface area (Å²) >= 11 is 7.20. The van der Waals surface area contributed by atoms with E-state index in [1.165, 1.54) is 23.5 Å². The van der Waals surface area contributed by atoms with Crippen LogP contribution in [-0.2, 0) is 6.54 Å². The van der Waals surface area contributed by atoms with Gasteiger partial charge in [-0.25, -0.2) is 4.98 Å². The summed E-state index contributed by atoms with van der Waals surface area (Å²) < 4.78 is 41.0. The van der Waals surface area contributed by atoms with Crippen LogP contribution in [0.5, 0.6) is 5.75 Å². The minimum Gasteiger partial charge on any atom is -0.406 e. The van der Waals surface area contributed by atoms with Gasteiger partial charge in [-0.3, -0.25) is 0 Å². The van der Waals surface area contributed by atoms with Crippen molar-refractivity contribution in [3.63, 3.8) is 0 Å². The van der Waals surface area contributed by atoms with E-state index >= 15 is 0 Å². The largest absolute Gasteiger partial charge is 0.573 e. The maximum Gasteiger partial charge on any atom is 0.573 e. The number of alkyl halides is 3. The molecule has 0 aliphatic heterocycles. The van der Waals surface area contributed by atoms with E-state index in [-0.39, 0.29) is 5.75 Å². The third kappa shape index (κ3) is 5.11. The molecule has 0 fully saturated rings. The van der Waals surface area contributed by atoms with Crippen molar-refractivity contribution in [2.75, 3.05) is 5.32 Å². The van der Waals surface area contributed by atoms with Crippen LogP contribution in [0.25, 0.3) is 11.1 Å². The number of halogens is 4. The SMILES string of the molecule is FC(F)(F)Oc1ccc(-c2cccc(NCc3cnc(Cl)s3)c2)cc1. The average molecular weight is 385 g/mol. The fourth-order valence-electron chi connectivity index (χ4n) is 2.21. The van der Waals surface area contributed by atoms with Gasteiger partial charge in [0.2, 0.25) is 0 Å². The molecule has 0 radical (unpaired) electrons. The van der Waals surface area contributed by atoms with Crippen LogP contribution in [-0.4, -0.2) is 11.3 Å². The molecular weight excluding hydrogens is 373 g/mol. The van der Waals surface area contributed by atoms with Gasteiger partial charge in [0, 0.05) is 16.8 Å². The third-order valence-electron chi connectivity index (χ3n) is 3.28. The first-order valence-corrected chi connectivity index (χ1v) is 8.39. The quantitative estimate of drug-likeness (QED) is 0.588. The molecule has 3 rings (SSSR count). The standard InChI is InChI=1S/C17H12ClF3N2OS/c18-16-23-10-15(25-16)9-22-13-3-1-2-12(8-13)11-4-6-14(7-5-11)24-17(19,20)21/h1-8,10,22H,9H2. The van der Waals surface area contributed by atoms with Crippen LogP contribution in [0.15, 0.2) is 54.7 Å². The molecule has 130 valence electrons. The first-order chi connectivity index (χ1) is 11.9. The van der Waals surface area contributed by atoms with Crippen LogP contribution in [0.4, 0.5) is 18.9 Å². The predicted octanol–water partition coefficient (Wildman–Crippen LogP) is 5.97. The topological polar surface area (TPSA) is 34.1 Å². The zero-order valence-electron chi connectivity index (χ0n) is 12.7. The number of nitrogens with one attached hydrogen (secondary N) is 1. The lowest BCUT2D eigenvalue weighted by molar-refractivity contribution is -0.274. The van der Waals surface area contributed by atoms with Crippen LogP contribution in [0.1, 0.15) is 4.88 Å². The van der Waals surface area contributed by atoms with Gasteiger partial charge < -0.3 is 10.1 Å². The molecule has 0 aliphatic carbocycles. The Hall–Kier alpha value is -2.25. The molecule has 1 heterocycles. The zero-order valence-corrected chi connectivity index (χ0v) is 14.3. The summed E-state index contributed by atoms with van der Waals surface area (Å²) in [5, 5.41) is 3.27. The summed E-state index contributed by atoms with van der Waals surface area (Å²) in [6, 6.07) is 13.3. The maximum atomic E-state index is 12.2. The Balaban J connectivity index is 1.70. The van der Waals surface area contributed by atoms with E-state index in [4.69, 9.17) is 11.6 Å². The summed E-state index contributed by atoms with van der Waals surface area (Å²) in [5.41, 5.74) is 2.56. The summed E-state index contributed by atoms with van der Waals surface area (Å²) in [6.45, 7) is 0.589. The highest BCUT2D eigenvalue weighted by Gasteiger charge is 2.30. The predicted molar refractivity (Wildman–Crippen MR) is 93.0 cm³/mol. The lowest BCUT2D eigenvalue weighted by Crippen LogP contribution is -2.16. The summed E-state index contributed by atoms with van der Waals surface area (Å²) in [5.74, 6) is -0.243. The molecule has 3 nitrogen and oxygen atoms in total. The van der Waals surface area contributed by atoms with Crippen molar-refractivity contribution in [2.45, 2.75) is 12.9 Å². The Morgan fingerprint density at radius 1 is 1.08 bits per heavy atom. The van der Waals surface area contributed by atoms with E-state index in [0.29, 0.717) is 11.0 Å². The summed E-state index contributed by atoms with van der Waals surface area (Å²) in [4.78, 5) is 4.98. The molecule has 2 aromatic carbocycles. The van der Waals surface area contributed by atoms with Gasteiger partial charge in [-0.1, -0.05) is 35.9 Å². The minimum atomic E-state index is -4.69. The number of hydrogen-bond acceptors (Lipinski definition) is 4. The smallest absolute Gasteiger partial charge is 0.406 e. The van der Waals surface area contributed by atoms with Crippen molar-refractivity contribution >= 4 is 28.6 Å². The van der Waals surface area contributed by atoms with Crippen molar-refractivity contribution in [3.05, 3.63) is 64.1 Å². The van der Waals surface area contributed by atoms with Crippen molar-refractivity contribution in [2.24, 2.45) is 0 Å². The number of ether oxygens (including phenoxy) is 1. The highest BCUT2D eigenvalue weighted by atomic mass is 35.5. The number of anilines is 1. The van der Waals surface area contributed by atoms with E-state index in [1.54, 1.807) is 18.3 Å². The second-order valence-electron chi connectivity index (χ2n) is 5.09. The molecule has 1 N–H and O–H groups in total. The van der Waals surface area contributed by atoms with Gasteiger partial charge in [0.25, 0.3) is 0 Å². The average Bonchev–Trinajstić information content (AvgIpc) is 2.98. The third-order valence-corrected chi connectivity index (χ3v) is 4.39. The van der Waals surface area contributed by atoms with Gasteiger partial charge in [0.1, 0.15) is 5.75 Å². The van der Waals surface area contributed by atoms with E-state index < -0.39 is 6.36 Å². The van der Waals surface area contributed by atoms with Crippen molar-refractivity contribution in [3.8, 4) is 16.9 Å². The van der Waals surface area contributed by atoms with Gasteiger partial charge in [-0.15, -0.1) is 24.5 Å². The molecule has 0 aliphatic rings. The molecule has 0 unspecified atom stereocenters. The first kappa shape index (κ1) is 17.6. The molecule has 1 aromatic heterocycles. The van der Waals surface area contributed by atoms with Crippen molar-refractivity contribution in [1.29, 1.82) is 0 Å². The number of aromatic nitrogens is 1. The van der Waals surface area contributed by atoms with E-state index in [9.17, 15) is 13.2 Å². The van der Waals surface area contributed by atoms with Gasteiger partial charge in [0.15, 0.2) is 4.47 Å². The number of nitrogens with zero attached hydrogens (tertiary/aromatic N) is 1. The zero-order chi connectivity index (χ0) is 17.9. The number of thiazole rings is 1. The number of hydrogen-bond donors (Lipinski definition) is 1. The van der Waals surface area contributed by atoms with Gasteiger partial charge >= 0.3 is 6.36 Å². The molecular formula is C17H12ClF3N2OS. The van der Waals surface area contributed by atoms with Crippen molar-refractivity contribution < 1.29 is 17.9 Å². The summed E-state index contributed by atoms with van der Waals surface area (Å²) in [7, 11) is 0. The molecule has 0 saturated heterocycles. The van der Waals surface area contributed by atoms with Crippen LogP contribution in [0.3, 0.4) is 0 Å². The molecule has 3 aromatic rings. The highest BCUT2D eigenvalue weighted by molar-refractivity contribution is 7.15. The first-order valence-electron chi connectivity index (χ1n) is 7.19. The Morgan fingerprint density at radius 3 is 2.48 bits per heavy atom. The van der Waals surface area contributed by atoms with Gasteiger partial charge in [0.05, 0.1) is 6.54 Å². The molecule has 25 heavy (non-hydrogen) atoms. The van der Waals surface area contributed by atoms with Crippen LogP contribution >= 0.6 is 22.9 Å². The number of benzene rings is 2.